The molecule has 1 aromatic heterocycles. The van der Waals surface area contributed by atoms with Gasteiger partial charge in [0.2, 0.25) is 0 Å². The number of benzene rings is 2. The lowest BCUT2D eigenvalue weighted by atomic mass is 9.86. The second-order valence-electron chi connectivity index (χ2n) is 7.76. The Morgan fingerprint density at radius 3 is 2.23 bits per heavy atom. The number of fused-ring (bicyclic) bond motifs is 1. The Bertz CT molecular complexity index is 989. The molecule has 3 rings (SSSR count). The van der Waals surface area contributed by atoms with Crippen molar-refractivity contribution in [3.05, 3.63) is 65.4 Å². The molecule has 0 saturated heterocycles. The number of hydrogen-bond donors (Lipinski definition) is 1. The van der Waals surface area contributed by atoms with E-state index in [-0.39, 0.29) is 11.7 Å². The summed E-state index contributed by atoms with van der Waals surface area (Å²) in [6.45, 7) is 7.73. The zero-order valence-electron chi connectivity index (χ0n) is 15.9. The fourth-order valence-electron chi connectivity index (χ4n) is 2.97. The minimum atomic E-state index is -0.436. The van der Waals surface area contributed by atoms with Crippen LogP contribution >= 0.6 is 0 Å². The molecule has 1 amide bonds. The minimum absolute atomic E-state index is 0.0916. The molecule has 1 heterocycles. The van der Waals surface area contributed by atoms with Crippen molar-refractivity contribution >= 4 is 28.3 Å². The monoisotopic (exact) mass is 348 g/mol. The molecule has 4 nitrogen and oxygen atoms in total. The highest BCUT2D eigenvalue weighted by molar-refractivity contribution is 6.08. The van der Waals surface area contributed by atoms with E-state index in [0.717, 1.165) is 22.2 Å². The number of rotatable bonds is 3. The summed E-state index contributed by atoms with van der Waals surface area (Å²) in [5.74, 6) is -0.0786. The molecule has 0 unspecified atom stereocenters. The van der Waals surface area contributed by atoms with Gasteiger partial charge in [0.1, 0.15) is 5.69 Å². The van der Waals surface area contributed by atoms with Gasteiger partial charge in [0.05, 0.1) is 0 Å². The molecule has 1 N–H and O–H groups in total. The lowest BCUT2D eigenvalue weighted by Gasteiger charge is -2.16. The third kappa shape index (κ3) is 3.40. The van der Waals surface area contributed by atoms with Gasteiger partial charge in [0, 0.05) is 34.6 Å². The number of carbonyl (C=O) groups is 2. The summed E-state index contributed by atoms with van der Waals surface area (Å²) in [5.41, 5.74) is 3.61. The van der Waals surface area contributed by atoms with E-state index < -0.39 is 5.41 Å². The summed E-state index contributed by atoms with van der Waals surface area (Å²) in [6, 6.07) is 15.1. The normalized spacial score (nSPS) is 11.6. The van der Waals surface area contributed by atoms with Crippen molar-refractivity contribution in [1.29, 1.82) is 0 Å². The molecule has 3 aromatic rings. The van der Waals surface area contributed by atoms with Gasteiger partial charge < -0.3 is 9.88 Å². The first-order valence-corrected chi connectivity index (χ1v) is 8.69. The van der Waals surface area contributed by atoms with Gasteiger partial charge in [-0.1, -0.05) is 38.5 Å². The van der Waals surface area contributed by atoms with Gasteiger partial charge in [-0.3, -0.25) is 9.59 Å². The molecular formula is C22H24N2O2. The summed E-state index contributed by atoms with van der Waals surface area (Å²) in [4.78, 5) is 25.2. The van der Waals surface area contributed by atoms with Gasteiger partial charge in [-0.25, -0.2) is 0 Å². The molecule has 0 fully saturated rings. The molecular weight excluding hydrogens is 324 g/mol. The van der Waals surface area contributed by atoms with E-state index in [2.05, 4.69) is 5.32 Å². The molecule has 0 atom stereocenters. The molecule has 0 aliphatic rings. The summed E-state index contributed by atoms with van der Waals surface area (Å²) in [7, 11) is 1.86. The lowest BCUT2D eigenvalue weighted by molar-refractivity contribution is 0.0858. The number of nitrogens with zero attached hydrogens (tertiary/aromatic N) is 1. The number of aryl methyl sites for hydroxylation is 2. The molecule has 0 aliphatic heterocycles. The molecule has 0 bridgehead atoms. The fourth-order valence-corrected chi connectivity index (χ4v) is 2.97. The molecule has 0 radical (unpaired) electrons. The number of Topliss-reactive ketones (excluding diaryl/α,β-unsaturated/α-hetero) is 1. The van der Waals surface area contributed by atoms with Gasteiger partial charge in [0.15, 0.2) is 5.78 Å². The molecule has 0 aliphatic carbocycles. The maximum Gasteiger partial charge on any atom is 0.272 e. The van der Waals surface area contributed by atoms with Crippen LogP contribution in [-0.4, -0.2) is 16.3 Å². The van der Waals surface area contributed by atoms with Crippen molar-refractivity contribution in [2.24, 2.45) is 12.5 Å². The predicted octanol–water partition coefficient (Wildman–Crippen LogP) is 4.97. The van der Waals surface area contributed by atoms with E-state index >= 15 is 0 Å². The van der Waals surface area contributed by atoms with Crippen molar-refractivity contribution in [3.8, 4) is 0 Å². The highest BCUT2D eigenvalue weighted by atomic mass is 16.2. The SMILES string of the molecule is Cc1ccc(NC(=O)c2cc3cc(C(=O)C(C)(C)C)ccc3n2C)cc1. The summed E-state index contributed by atoms with van der Waals surface area (Å²) >= 11 is 0. The van der Waals surface area contributed by atoms with Gasteiger partial charge in [-0.2, -0.15) is 0 Å². The summed E-state index contributed by atoms with van der Waals surface area (Å²) in [6.07, 6.45) is 0. The van der Waals surface area contributed by atoms with Crippen LogP contribution in [0.25, 0.3) is 10.9 Å². The maximum absolute atomic E-state index is 12.7. The van der Waals surface area contributed by atoms with Gasteiger partial charge in [-0.05, 0) is 43.3 Å². The molecule has 0 spiro atoms. The molecule has 0 saturated carbocycles. The second kappa shape index (κ2) is 6.45. The van der Waals surface area contributed by atoms with E-state index in [0.29, 0.717) is 11.3 Å². The molecule has 134 valence electrons. The minimum Gasteiger partial charge on any atom is -0.340 e. The average molecular weight is 348 g/mol. The first-order chi connectivity index (χ1) is 12.2. The topological polar surface area (TPSA) is 51.1 Å². The lowest BCUT2D eigenvalue weighted by Crippen LogP contribution is -2.19. The number of aromatic nitrogens is 1. The number of nitrogens with one attached hydrogen (secondary N) is 1. The van der Waals surface area contributed by atoms with E-state index in [1.54, 1.807) is 0 Å². The smallest absolute Gasteiger partial charge is 0.272 e. The van der Waals surface area contributed by atoms with Gasteiger partial charge in [-0.15, -0.1) is 0 Å². The molecule has 26 heavy (non-hydrogen) atoms. The van der Waals surface area contributed by atoms with Crippen LogP contribution in [0.15, 0.2) is 48.5 Å². The summed E-state index contributed by atoms with van der Waals surface area (Å²) < 4.78 is 1.85. The third-order valence-electron chi connectivity index (χ3n) is 4.53. The molecule has 4 heteroatoms. The Kier molecular flexibility index (Phi) is 4.45. The number of hydrogen-bond acceptors (Lipinski definition) is 2. The van der Waals surface area contributed by atoms with Crippen molar-refractivity contribution in [1.82, 2.24) is 4.57 Å². The van der Waals surface area contributed by atoms with Gasteiger partial charge in [0.25, 0.3) is 5.91 Å². The highest BCUT2D eigenvalue weighted by Gasteiger charge is 2.23. The van der Waals surface area contributed by atoms with Crippen LogP contribution in [0.5, 0.6) is 0 Å². The van der Waals surface area contributed by atoms with Crippen molar-refractivity contribution in [2.75, 3.05) is 5.32 Å². The Labute approximate surface area is 153 Å². The Morgan fingerprint density at radius 1 is 0.962 bits per heavy atom. The Hall–Kier alpha value is -2.88. The van der Waals surface area contributed by atoms with Crippen LogP contribution in [0.1, 0.15) is 47.2 Å². The van der Waals surface area contributed by atoms with Crippen LogP contribution in [0.4, 0.5) is 5.69 Å². The number of carbonyl (C=O) groups excluding carboxylic acids is 2. The van der Waals surface area contributed by atoms with E-state index in [4.69, 9.17) is 0 Å². The van der Waals surface area contributed by atoms with Crippen LogP contribution < -0.4 is 5.32 Å². The third-order valence-corrected chi connectivity index (χ3v) is 4.53. The first kappa shape index (κ1) is 17.9. The van der Waals surface area contributed by atoms with Crippen molar-refractivity contribution in [2.45, 2.75) is 27.7 Å². The van der Waals surface area contributed by atoms with Crippen molar-refractivity contribution in [3.63, 3.8) is 0 Å². The number of amides is 1. The highest BCUT2D eigenvalue weighted by Crippen LogP contribution is 2.26. The Morgan fingerprint density at radius 2 is 1.62 bits per heavy atom. The average Bonchev–Trinajstić information content (AvgIpc) is 2.92. The largest absolute Gasteiger partial charge is 0.340 e. The van der Waals surface area contributed by atoms with E-state index in [1.165, 1.54) is 0 Å². The fraction of sp³-hybridized carbons (Fsp3) is 0.273. The quantitative estimate of drug-likeness (QED) is 0.680. The Balaban J connectivity index is 1.94. The van der Waals surface area contributed by atoms with Crippen LogP contribution in [0.3, 0.4) is 0 Å². The molecule has 2 aromatic carbocycles. The standard InChI is InChI=1S/C22H24N2O2/c1-14-6-9-17(10-7-14)23-21(26)19-13-16-12-15(20(25)22(2,3)4)8-11-18(16)24(19)5/h6-13H,1-5H3,(H,23,26). The number of anilines is 1. The zero-order chi connectivity index (χ0) is 19.1. The van der Waals surface area contributed by atoms with Crippen LogP contribution in [-0.2, 0) is 7.05 Å². The maximum atomic E-state index is 12.7. The van der Waals surface area contributed by atoms with Gasteiger partial charge >= 0.3 is 0 Å². The first-order valence-electron chi connectivity index (χ1n) is 8.69. The summed E-state index contributed by atoms with van der Waals surface area (Å²) in [5, 5.41) is 3.81. The van der Waals surface area contributed by atoms with E-state index in [1.807, 2.05) is 87.8 Å². The van der Waals surface area contributed by atoms with Crippen LogP contribution in [0.2, 0.25) is 0 Å². The number of ketones is 1. The van der Waals surface area contributed by atoms with Crippen molar-refractivity contribution < 1.29 is 9.59 Å². The second-order valence-corrected chi connectivity index (χ2v) is 7.76. The van der Waals surface area contributed by atoms with Crippen LogP contribution in [0, 0.1) is 12.3 Å². The van der Waals surface area contributed by atoms with E-state index in [9.17, 15) is 9.59 Å². The zero-order valence-corrected chi connectivity index (χ0v) is 15.9. The predicted molar refractivity (Wildman–Crippen MR) is 106 cm³/mol.